The number of nitrogens with one attached hydrogen (secondary N) is 1. The van der Waals surface area contributed by atoms with Crippen molar-refractivity contribution in [2.45, 2.75) is 31.7 Å². The summed E-state index contributed by atoms with van der Waals surface area (Å²) in [4.78, 5) is 38.7. The van der Waals surface area contributed by atoms with Crippen molar-refractivity contribution in [3.63, 3.8) is 0 Å². The van der Waals surface area contributed by atoms with Crippen LogP contribution in [0.4, 0.5) is 13.6 Å². The van der Waals surface area contributed by atoms with Crippen molar-refractivity contribution in [2.24, 2.45) is 0 Å². The fourth-order valence-electron chi connectivity index (χ4n) is 3.01. The van der Waals surface area contributed by atoms with Crippen molar-refractivity contribution in [3.8, 4) is 17.2 Å². The van der Waals surface area contributed by atoms with E-state index in [0.717, 1.165) is 32.3 Å². The quantitative estimate of drug-likeness (QED) is 0.416. The Balaban J connectivity index is 2.54. The van der Waals surface area contributed by atoms with Crippen LogP contribution < -0.4 is 10.1 Å². The molecule has 0 aliphatic carbocycles. The first-order valence-electron chi connectivity index (χ1n) is 9.22. The van der Waals surface area contributed by atoms with E-state index in [0.29, 0.717) is 0 Å². The lowest BCUT2D eigenvalue weighted by Crippen LogP contribution is -2.60. The van der Waals surface area contributed by atoms with Crippen LogP contribution in [-0.2, 0) is 20.8 Å². The van der Waals surface area contributed by atoms with Crippen LogP contribution in [0.25, 0.3) is 0 Å². The molecule has 2 amide bonds. The zero-order valence-electron chi connectivity index (χ0n) is 18.1. The summed E-state index contributed by atoms with van der Waals surface area (Å²) in [6.07, 6.45) is -0.974. The topological polar surface area (TPSA) is 94.2 Å². The number of esters is 1. The molecule has 0 fully saturated rings. The number of hydrogen-bond donors (Lipinski definition) is 1. The third-order valence-corrected chi connectivity index (χ3v) is 5.31. The van der Waals surface area contributed by atoms with Gasteiger partial charge in [-0.05, 0) is 11.6 Å². The largest absolute Gasteiger partial charge is 0.491 e. The van der Waals surface area contributed by atoms with Crippen molar-refractivity contribution in [1.82, 2.24) is 10.2 Å². The van der Waals surface area contributed by atoms with Crippen molar-refractivity contribution in [3.05, 3.63) is 28.8 Å². The summed E-state index contributed by atoms with van der Waals surface area (Å²) >= 11 is 0. The first-order chi connectivity index (χ1) is 14.4. The standard InChI is InChI=1S/C20H24F2N2O6Si/c1-28-16-13(21)9-12-10-24(17(25)14(12)15(16)22)11-20(18(26)29-2,23-19(27)30-3)7-8-31(4,5)6/h9H,10-11H2,1-6H3,(H,23,27)/t20-/m1/s1. The molecular weight excluding hydrogens is 430 g/mol. The van der Waals surface area contributed by atoms with Crippen LogP contribution in [0.2, 0.25) is 19.6 Å². The van der Waals surface area contributed by atoms with E-state index >= 15 is 0 Å². The Morgan fingerprint density at radius 1 is 1.23 bits per heavy atom. The molecular formula is C20H24F2N2O6Si. The van der Waals surface area contributed by atoms with E-state index < -0.39 is 55.5 Å². The molecule has 1 N–H and O–H groups in total. The lowest BCUT2D eigenvalue weighted by Gasteiger charge is -2.31. The van der Waals surface area contributed by atoms with E-state index in [1.54, 1.807) is 0 Å². The Kier molecular flexibility index (Phi) is 6.95. The fraction of sp³-hybridized carbons (Fsp3) is 0.450. The highest BCUT2D eigenvalue weighted by atomic mass is 28.3. The molecule has 0 aromatic heterocycles. The Hall–Kier alpha value is -3.13. The SMILES string of the molecule is COC(=O)N[C@](C#C[Si](C)(C)C)(CN1Cc2cc(F)c(OC)c(F)c2C1=O)C(=O)OC. The third-order valence-electron chi connectivity index (χ3n) is 4.44. The highest BCUT2D eigenvalue weighted by Crippen LogP contribution is 2.34. The van der Waals surface area contributed by atoms with Gasteiger partial charge in [-0.2, -0.15) is 0 Å². The Morgan fingerprint density at radius 3 is 2.39 bits per heavy atom. The van der Waals surface area contributed by atoms with Crippen LogP contribution in [-0.4, -0.2) is 64.4 Å². The second-order valence-corrected chi connectivity index (χ2v) is 12.7. The molecule has 1 aromatic carbocycles. The van der Waals surface area contributed by atoms with Crippen LogP contribution in [0.1, 0.15) is 15.9 Å². The zero-order chi connectivity index (χ0) is 23.6. The van der Waals surface area contributed by atoms with Gasteiger partial charge in [-0.3, -0.25) is 10.1 Å². The number of alkyl carbamates (subject to hydrolysis) is 1. The van der Waals surface area contributed by atoms with Crippen LogP contribution in [0.5, 0.6) is 5.75 Å². The number of halogens is 2. The van der Waals surface area contributed by atoms with Crippen LogP contribution >= 0.6 is 0 Å². The van der Waals surface area contributed by atoms with Crippen LogP contribution in [0.15, 0.2) is 6.07 Å². The van der Waals surface area contributed by atoms with Gasteiger partial charge in [0.2, 0.25) is 5.54 Å². The Bertz CT molecular complexity index is 983. The molecule has 1 heterocycles. The molecule has 0 unspecified atom stereocenters. The number of rotatable bonds is 5. The van der Waals surface area contributed by atoms with E-state index in [4.69, 9.17) is 9.47 Å². The highest BCUT2D eigenvalue weighted by molar-refractivity contribution is 6.83. The van der Waals surface area contributed by atoms with E-state index in [2.05, 4.69) is 21.5 Å². The maximum atomic E-state index is 14.7. The number of ether oxygens (including phenoxy) is 3. The van der Waals surface area contributed by atoms with Crippen LogP contribution in [0, 0.1) is 23.1 Å². The second-order valence-electron chi connectivity index (χ2n) is 7.91. The Labute approximate surface area is 179 Å². The molecule has 31 heavy (non-hydrogen) atoms. The van der Waals surface area contributed by atoms with Crippen molar-refractivity contribution < 1.29 is 37.4 Å². The summed E-state index contributed by atoms with van der Waals surface area (Å²) in [5.41, 5.74) is 0.721. The number of hydrogen-bond acceptors (Lipinski definition) is 6. The molecule has 0 saturated heterocycles. The first-order valence-corrected chi connectivity index (χ1v) is 12.7. The summed E-state index contributed by atoms with van der Waals surface area (Å²) in [5.74, 6) is -1.76. The minimum absolute atomic E-state index is 0.0794. The van der Waals surface area contributed by atoms with Gasteiger partial charge in [-0.15, -0.1) is 5.54 Å². The van der Waals surface area contributed by atoms with E-state index in [1.165, 1.54) is 0 Å². The second kappa shape index (κ2) is 8.93. The number of benzene rings is 1. The van der Waals surface area contributed by atoms with Gasteiger partial charge in [0.05, 0.1) is 33.4 Å². The summed E-state index contributed by atoms with van der Waals surface area (Å²) in [7, 11) is 1.25. The maximum Gasteiger partial charge on any atom is 0.408 e. The number of amides is 2. The van der Waals surface area contributed by atoms with E-state index in [9.17, 15) is 23.2 Å². The first kappa shape index (κ1) is 24.1. The number of methoxy groups -OCH3 is 3. The van der Waals surface area contributed by atoms with E-state index in [1.807, 2.05) is 19.6 Å². The predicted octanol–water partition coefficient (Wildman–Crippen LogP) is 2.08. The van der Waals surface area contributed by atoms with Gasteiger partial charge in [0.25, 0.3) is 5.91 Å². The molecule has 0 radical (unpaired) electrons. The lowest BCUT2D eigenvalue weighted by atomic mass is 10.00. The van der Waals surface area contributed by atoms with Gasteiger partial charge in [0, 0.05) is 6.54 Å². The average molecular weight is 455 g/mol. The van der Waals surface area contributed by atoms with Gasteiger partial charge in [0.15, 0.2) is 17.4 Å². The summed E-state index contributed by atoms with van der Waals surface area (Å²) in [6, 6.07) is 0.996. The van der Waals surface area contributed by atoms with Gasteiger partial charge < -0.3 is 19.1 Å². The normalized spacial score (nSPS) is 14.7. The molecule has 2 rings (SSSR count). The van der Waals surface area contributed by atoms with Crippen molar-refractivity contribution in [2.75, 3.05) is 27.9 Å². The number of fused-ring (bicyclic) bond motifs is 1. The van der Waals surface area contributed by atoms with Gasteiger partial charge in [-0.25, -0.2) is 18.4 Å². The zero-order valence-corrected chi connectivity index (χ0v) is 19.1. The number of nitrogens with zero attached hydrogens (tertiary/aromatic N) is 1. The number of carbonyl (C=O) groups excluding carboxylic acids is 3. The Morgan fingerprint density at radius 2 is 1.87 bits per heavy atom. The van der Waals surface area contributed by atoms with Gasteiger partial charge in [-0.1, -0.05) is 25.6 Å². The molecule has 11 heteroatoms. The summed E-state index contributed by atoms with van der Waals surface area (Å²) < 4.78 is 42.9. The molecule has 8 nitrogen and oxygen atoms in total. The van der Waals surface area contributed by atoms with Gasteiger partial charge >= 0.3 is 12.1 Å². The van der Waals surface area contributed by atoms with Crippen molar-refractivity contribution >= 4 is 26.0 Å². The molecule has 0 saturated carbocycles. The summed E-state index contributed by atoms with van der Waals surface area (Å²) in [6.45, 7) is 5.08. The predicted molar refractivity (Wildman–Crippen MR) is 109 cm³/mol. The van der Waals surface area contributed by atoms with E-state index in [-0.39, 0.29) is 17.7 Å². The smallest absolute Gasteiger partial charge is 0.408 e. The molecule has 1 aliphatic heterocycles. The lowest BCUT2D eigenvalue weighted by molar-refractivity contribution is -0.146. The summed E-state index contributed by atoms with van der Waals surface area (Å²) in [5, 5.41) is 2.35. The number of carbonyl (C=O) groups is 3. The monoisotopic (exact) mass is 454 g/mol. The molecule has 0 bridgehead atoms. The average Bonchev–Trinajstić information content (AvgIpc) is 2.99. The van der Waals surface area contributed by atoms with Gasteiger partial charge in [0.1, 0.15) is 8.07 Å². The minimum atomic E-state index is -2.04. The molecule has 1 aromatic rings. The molecule has 0 spiro atoms. The molecule has 1 aliphatic rings. The minimum Gasteiger partial charge on any atom is -0.491 e. The molecule has 1 atom stereocenters. The third kappa shape index (κ3) is 4.96. The highest BCUT2D eigenvalue weighted by Gasteiger charge is 2.46. The van der Waals surface area contributed by atoms with Crippen molar-refractivity contribution in [1.29, 1.82) is 0 Å². The fourth-order valence-corrected chi connectivity index (χ4v) is 3.60. The van der Waals surface area contributed by atoms with Crippen LogP contribution in [0.3, 0.4) is 0 Å². The molecule has 168 valence electrons. The maximum absolute atomic E-state index is 14.7.